The molecule has 1 saturated carbocycles. The Hall–Kier alpha value is -1.92. The summed E-state index contributed by atoms with van der Waals surface area (Å²) in [5, 5.41) is 6.22. The van der Waals surface area contributed by atoms with Crippen molar-refractivity contribution in [2.75, 3.05) is 25.5 Å². The number of carbonyl (C=O) groups is 2. The number of benzene rings is 1. The minimum atomic E-state index is -0.749. The topological polar surface area (TPSA) is 70.7 Å². The lowest BCUT2D eigenvalue weighted by Crippen LogP contribution is -2.51. The lowest BCUT2D eigenvalue weighted by Gasteiger charge is -2.34. The van der Waals surface area contributed by atoms with E-state index in [4.69, 9.17) is 4.74 Å². The van der Waals surface area contributed by atoms with Crippen LogP contribution < -0.4 is 10.6 Å². The van der Waals surface area contributed by atoms with Crippen LogP contribution in [-0.4, -0.2) is 48.6 Å². The van der Waals surface area contributed by atoms with Gasteiger partial charge in [-0.3, -0.25) is 9.59 Å². The Morgan fingerprint density at radius 2 is 1.88 bits per heavy atom. The van der Waals surface area contributed by atoms with Crippen molar-refractivity contribution in [2.24, 2.45) is 0 Å². The summed E-state index contributed by atoms with van der Waals surface area (Å²) >= 11 is 0. The molecule has 3 rings (SSSR count). The maximum atomic E-state index is 12.7. The van der Waals surface area contributed by atoms with Gasteiger partial charge in [0.2, 0.25) is 5.91 Å². The van der Waals surface area contributed by atoms with Gasteiger partial charge in [-0.1, -0.05) is 12.1 Å². The van der Waals surface area contributed by atoms with Crippen LogP contribution in [-0.2, 0) is 20.9 Å². The molecule has 2 fully saturated rings. The number of methoxy groups -OCH3 is 1. The third-order valence-corrected chi connectivity index (χ3v) is 5.17. The normalized spacial score (nSPS) is 19.3. The summed E-state index contributed by atoms with van der Waals surface area (Å²) in [7, 11) is 1.60. The molecule has 2 amide bonds. The van der Waals surface area contributed by atoms with Crippen molar-refractivity contribution in [3.63, 3.8) is 0 Å². The van der Waals surface area contributed by atoms with Gasteiger partial charge in [-0.05, 0) is 56.5 Å². The van der Waals surface area contributed by atoms with E-state index in [-0.39, 0.29) is 11.8 Å². The first kappa shape index (κ1) is 17.9. The number of nitrogens with zero attached hydrogens (tertiary/aromatic N) is 1. The van der Waals surface area contributed by atoms with Gasteiger partial charge < -0.3 is 20.3 Å². The van der Waals surface area contributed by atoms with Gasteiger partial charge in [0.25, 0.3) is 5.91 Å². The van der Waals surface area contributed by atoms with E-state index in [0.29, 0.717) is 25.4 Å². The van der Waals surface area contributed by atoms with E-state index in [1.807, 2.05) is 29.2 Å². The first-order chi connectivity index (χ1) is 12.0. The van der Waals surface area contributed by atoms with E-state index < -0.39 is 5.60 Å². The average molecular weight is 345 g/mol. The molecule has 0 aromatic heterocycles. The Kier molecular flexibility index (Phi) is 5.39. The summed E-state index contributed by atoms with van der Waals surface area (Å²) in [5.41, 5.74) is 1.08. The number of amides is 2. The quantitative estimate of drug-likeness (QED) is 0.826. The molecule has 0 radical (unpaired) electrons. The highest BCUT2D eigenvalue weighted by atomic mass is 16.5. The third-order valence-electron chi connectivity index (χ3n) is 5.17. The second-order valence-corrected chi connectivity index (χ2v) is 6.98. The van der Waals surface area contributed by atoms with Crippen LogP contribution in [0.15, 0.2) is 24.3 Å². The number of carbonyl (C=O) groups excluding carboxylic acids is 2. The molecule has 0 spiro atoms. The van der Waals surface area contributed by atoms with Crippen molar-refractivity contribution in [2.45, 2.75) is 50.8 Å². The van der Waals surface area contributed by atoms with Crippen LogP contribution in [0.4, 0.5) is 5.69 Å². The first-order valence-corrected chi connectivity index (χ1v) is 8.97. The number of anilines is 1. The minimum Gasteiger partial charge on any atom is -0.368 e. The number of hydrogen-bond donors (Lipinski definition) is 2. The summed E-state index contributed by atoms with van der Waals surface area (Å²) in [5.74, 6) is 0.0282. The first-order valence-electron chi connectivity index (χ1n) is 8.97. The molecular formula is C19H27N3O3. The fourth-order valence-electron chi connectivity index (χ4n) is 3.37. The highest BCUT2D eigenvalue weighted by molar-refractivity contribution is 5.97. The van der Waals surface area contributed by atoms with E-state index in [2.05, 4.69) is 10.6 Å². The van der Waals surface area contributed by atoms with Crippen LogP contribution in [0.3, 0.4) is 0 Å². The zero-order valence-electron chi connectivity index (χ0n) is 15.0. The third kappa shape index (κ3) is 4.19. The maximum absolute atomic E-state index is 12.7. The Morgan fingerprint density at radius 1 is 1.24 bits per heavy atom. The predicted molar refractivity (Wildman–Crippen MR) is 96.2 cm³/mol. The molecule has 1 heterocycles. The minimum absolute atomic E-state index is 0.0902. The molecule has 25 heavy (non-hydrogen) atoms. The van der Waals surface area contributed by atoms with Crippen LogP contribution >= 0.6 is 0 Å². The molecular weight excluding hydrogens is 318 g/mol. The second kappa shape index (κ2) is 7.54. The second-order valence-electron chi connectivity index (χ2n) is 6.98. The van der Waals surface area contributed by atoms with Crippen molar-refractivity contribution in [3.8, 4) is 0 Å². The van der Waals surface area contributed by atoms with Crippen molar-refractivity contribution in [1.82, 2.24) is 10.2 Å². The van der Waals surface area contributed by atoms with Crippen LogP contribution in [0.25, 0.3) is 0 Å². The van der Waals surface area contributed by atoms with Gasteiger partial charge in [0, 0.05) is 32.3 Å². The van der Waals surface area contributed by atoms with Crippen LogP contribution in [0.5, 0.6) is 0 Å². The standard InChI is InChI=1S/C19H27N3O3/c1-14(23)22(17-7-8-17)13-15-3-5-16(6-4-15)21-18(24)19(25-2)9-11-20-12-10-19/h3-6,17,20H,7-13H2,1-2H3,(H,21,24). The van der Waals surface area contributed by atoms with E-state index in [0.717, 1.165) is 37.2 Å². The molecule has 1 aromatic carbocycles. The average Bonchev–Trinajstić information content (AvgIpc) is 3.46. The molecule has 1 aromatic rings. The number of rotatable bonds is 6. The molecule has 0 atom stereocenters. The fourth-order valence-corrected chi connectivity index (χ4v) is 3.37. The van der Waals surface area contributed by atoms with E-state index in [9.17, 15) is 9.59 Å². The highest BCUT2D eigenvalue weighted by Gasteiger charge is 2.39. The molecule has 1 aliphatic heterocycles. The van der Waals surface area contributed by atoms with Gasteiger partial charge in [-0.15, -0.1) is 0 Å². The zero-order valence-corrected chi connectivity index (χ0v) is 15.0. The van der Waals surface area contributed by atoms with Gasteiger partial charge in [0.05, 0.1) is 0 Å². The zero-order chi connectivity index (χ0) is 17.9. The Labute approximate surface area is 148 Å². The van der Waals surface area contributed by atoms with E-state index >= 15 is 0 Å². The predicted octanol–water partition coefficient (Wildman–Crippen LogP) is 1.90. The smallest absolute Gasteiger partial charge is 0.256 e. The van der Waals surface area contributed by atoms with Gasteiger partial charge in [0.1, 0.15) is 5.60 Å². The highest BCUT2D eigenvalue weighted by Crippen LogP contribution is 2.29. The van der Waals surface area contributed by atoms with Crippen LogP contribution in [0, 0.1) is 0 Å². The Morgan fingerprint density at radius 3 is 2.40 bits per heavy atom. The monoisotopic (exact) mass is 345 g/mol. The summed E-state index contributed by atoms with van der Waals surface area (Å²) < 4.78 is 5.55. The summed E-state index contributed by atoms with van der Waals surface area (Å²) in [6.45, 7) is 3.81. The van der Waals surface area contributed by atoms with Gasteiger partial charge in [-0.25, -0.2) is 0 Å². The molecule has 2 aliphatic rings. The van der Waals surface area contributed by atoms with Crippen molar-refractivity contribution >= 4 is 17.5 Å². The molecule has 0 unspecified atom stereocenters. The van der Waals surface area contributed by atoms with Crippen molar-refractivity contribution in [3.05, 3.63) is 29.8 Å². The molecule has 2 N–H and O–H groups in total. The van der Waals surface area contributed by atoms with Gasteiger partial charge in [-0.2, -0.15) is 0 Å². The lowest BCUT2D eigenvalue weighted by molar-refractivity contribution is -0.140. The summed E-state index contributed by atoms with van der Waals surface area (Å²) in [4.78, 5) is 26.3. The van der Waals surface area contributed by atoms with Crippen LogP contribution in [0.1, 0.15) is 38.2 Å². The molecule has 6 heteroatoms. The van der Waals surface area contributed by atoms with E-state index in [1.165, 1.54) is 0 Å². The summed E-state index contributed by atoms with van der Waals surface area (Å²) in [6.07, 6.45) is 3.54. The molecule has 0 bridgehead atoms. The number of hydrogen-bond acceptors (Lipinski definition) is 4. The summed E-state index contributed by atoms with van der Waals surface area (Å²) in [6, 6.07) is 8.12. The maximum Gasteiger partial charge on any atom is 0.256 e. The molecule has 136 valence electrons. The lowest BCUT2D eigenvalue weighted by atomic mass is 9.91. The SMILES string of the molecule is COC1(C(=O)Nc2ccc(CN(C(C)=O)C3CC3)cc2)CCNCC1. The van der Waals surface area contributed by atoms with Crippen LogP contribution in [0.2, 0.25) is 0 Å². The van der Waals surface area contributed by atoms with E-state index in [1.54, 1.807) is 14.0 Å². The Balaban J connectivity index is 1.62. The number of nitrogens with one attached hydrogen (secondary N) is 2. The fraction of sp³-hybridized carbons (Fsp3) is 0.579. The number of piperidine rings is 1. The van der Waals surface area contributed by atoms with Crippen molar-refractivity contribution in [1.29, 1.82) is 0 Å². The molecule has 6 nitrogen and oxygen atoms in total. The largest absolute Gasteiger partial charge is 0.368 e. The Bertz CT molecular complexity index is 619. The van der Waals surface area contributed by atoms with Gasteiger partial charge >= 0.3 is 0 Å². The molecule has 1 aliphatic carbocycles. The van der Waals surface area contributed by atoms with Gasteiger partial charge in [0.15, 0.2) is 0 Å². The molecule has 1 saturated heterocycles. The number of ether oxygens (including phenoxy) is 1. The van der Waals surface area contributed by atoms with Crippen molar-refractivity contribution < 1.29 is 14.3 Å².